The first kappa shape index (κ1) is 23.6. The van der Waals surface area contributed by atoms with E-state index >= 15 is 0 Å². The molecular weight excluding hydrogens is 459 g/mol. The van der Waals surface area contributed by atoms with Gasteiger partial charge in [-0.1, -0.05) is 60.3 Å². The van der Waals surface area contributed by atoms with Crippen LogP contribution in [-0.2, 0) is 23.8 Å². The topological polar surface area (TPSA) is 65.8 Å². The molecule has 1 aromatic heterocycles. The van der Waals surface area contributed by atoms with E-state index in [1.807, 2.05) is 42.5 Å². The van der Waals surface area contributed by atoms with Crippen molar-refractivity contribution in [1.29, 1.82) is 5.26 Å². The number of carbonyl (C=O) groups excluding carboxylic acids is 1. The highest BCUT2D eigenvalue weighted by Gasteiger charge is 2.30. The zero-order chi connectivity index (χ0) is 24.1. The van der Waals surface area contributed by atoms with E-state index in [1.54, 1.807) is 0 Å². The molecule has 0 fully saturated rings. The van der Waals surface area contributed by atoms with Crippen molar-refractivity contribution in [3.05, 3.63) is 88.1 Å². The third-order valence-corrected chi connectivity index (χ3v) is 6.38. The van der Waals surface area contributed by atoms with E-state index in [9.17, 15) is 23.2 Å². The summed E-state index contributed by atoms with van der Waals surface area (Å²) in [5.41, 5.74) is 3.44. The average molecular weight is 480 g/mol. The summed E-state index contributed by atoms with van der Waals surface area (Å²) < 4.78 is 38.7. The van der Waals surface area contributed by atoms with Crippen LogP contribution in [-0.4, -0.2) is 16.6 Å². The molecule has 0 spiro atoms. The van der Waals surface area contributed by atoms with Crippen LogP contribution in [0.4, 0.5) is 18.9 Å². The lowest BCUT2D eigenvalue weighted by molar-refractivity contribution is -0.137. The second kappa shape index (κ2) is 10.1. The first-order chi connectivity index (χ1) is 16.3. The summed E-state index contributed by atoms with van der Waals surface area (Å²) in [5.74, 6) is -0.560. The second-order valence-corrected chi connectivity index (χ2v) is 8.72. The molecule has 1 N–H and O–H groups in total. The van der Waals surface area contributed by atoms with Gasteiger partial charge in [0.05, 0.1) is 16.9 Å². The van der Waals surface area contributed by atoms with Crippen molar-refractivity contribution in [1.82, 2.24) is 4.98 Å². The molecule has 2 aromatic carbocycles. The molecule has 1 amide bonds. The third kappa shape index (κ3) is 5.49. The first-order valence-electron chi connectivity index (χ1n) is 10.6. The van der Waals surface area contributed by atoms with Crippen molar-refractivity contribution in [3.63, 3.8) is 0 Å². The lowest BCUT2D eigenvalue weighted by Crippen LogP contribution is -2.15. The predicted molar refractivity (Wildman–Crippen MR) is 127 cm³/mol. The number of hydrogen-bond donors (Lipinski definition) is 1. The fraction of sp³-hybridized carbons (Fsp3) is 0.192. The molecular formula is C26H20F3N3OS. The molecule has 1 heterocycles. The Morgan fingerprint density at radius 3 is 2.65 bits per heavy atom. The van der Waals surface area contributed by atoms with E-state index in [1.165, 1.54) is 12.1 Å². The number of rotatable bonds is 6. The number of carbonyl (C=O) groups is 1. The van der Waals surface area contributed by atoms with E-state index in [0.29, 0.717) is 10.6 Å². The number of thioether (sulfide) groups is 1. The van der Waals surface area contributed by atoms with Gasteiger partial charge in [-0.3, -0.25) is 4.79 Å². The molecule has 4 rings (SSSR count). The normalized spacial score (nSPS) is 13.0. The minimum absolute atomic E-state index is 0.0642. The van der Waals surface area contributed by atoms with Gasteiger partial charge in [0, 0.05) is 11.4 Å². The Labute approximate surface area is 199 Å². The van der Waals surface area contributed by atoms with E-state index in [2.05, 4.69) is 16.4 Å². The zero-order valence-electron chi connectivity index (χ0n) is 18.0. The van der Waals surface area contributed by atoms with Gasteiger partial charge in [-0.2, -0.15) is 18.4 Å². The number of pyridine rings is 1. The average Bonchev–Trinajstić information content (AvgIpc) is 3.29. The van der Waals surface area contributed by atoms with Gasteiger partial charge >= 0.3 is 6.18 Å². The number of benzene rings is 2. The molecule has 0 aliphatic heterocycles. The highest BCUT2D eigenvalue weighted by Crippen LogP contribution is 2.34. The lowest BCUT2D eigenvalue weighted by Gasteiger charge is -2.12. The number of nitriles is 1. The number of halogens is 3. The fourth-order valence-electron chi connectivity index (χ4n) is 3.83. The van der Waals surface area contributed by atoms with Gasteiger partial charge in [-0.05, 0) is 54.2 Å². The van der Waals surface area contributed by atoms with Gasteiger partial charge in [0.1, 0.15) is 11.1 Å². The van der Waals surface area contributed by atoms with Gasteiger partial charge in [0.15, 0.2) is 0 Å². The maximum atomic E-state index is 12.9. The van der Waals surface area contributed by atoms with Crippen molar-refractivity contribution in [2.45, 2.75) is 30.5 Å². The SMILES string of the molecule is N#Cc1c(SCC(=O)Nc2cccc(C(F)(F)F)c2)nc2c(c1C=Cc1ccccc1)CCC2. The van der Waals surface area contributed by atoms with Gasteiger partial charge in [0.2, 0.25) is 5.91 Å². The van der Waals surface area contributed by atoms with Crippen LogP contribution >= 0.6 is 11.8 Å². The molecule has 172 valence electrons. The Morgan fingerprint density at radius 2 is 1.91 bits per heavy atom. The van der Waals surface area contributed by atoms with Crippen LogP contribution in [0.5, 0.6) is 0 Å². The highest BCUT2D eigenvalue weighted by molar-refractivity contribution is 8.00. The summed E-state index contributed by atoms with van der Waals surface area (Å²) in [7, 11) is 0. The zero-order valence-corrected chi connectivity index (χ0v) is 18.8. The van der Waals surface area contributed by atoms with Gasteiger partial charge in [-0.25, -0.2) is 4.98 Å². The quantitative estimate of drug-likeness (QED) is 0.418. The van der Waals surface area contributed by atoms with E-state index in [-0.39, 0.29) is 11.4 Å². The summed E-state index contributed by atoms with van der Waals surface area (Å²) in [6.07, 6.45) is 1.97. The monoisotopic (exact) mass is 479 g/mol. The third-order valence-electron chi connectivity index (χ3n) is 5.40. The Kier molecular flexibility index (Phi) is 7.03. The second-order valence-electron chi connectivity index (χ2n) is 7.76. The summed E-state index contributed by atoms with van der Waals surface area (Å²) in [6, 6.07) is 16.5. The number of hydrogen-bond acceptors (Lipinski definition) is 4. The van der Waals surface area contributed by atoms with Crippen LogP contribution in [0, 0.1) is 11.3 Å². The summed E-state index contributed by atoms with van der Waals surface area (Å²) in [4.78, 5) is 17.1. The molecule has 0 atom stereocenters. The van der Waals surface area contributed by atoms with Crippen molar-refractivity contribution in [2.24, 2.45) is 0 Å². The van der Waals surface area contributed by atoms with Crippen LogP contribution in [0.1, 0.15) is 39.9 Å². The molecule has 1 aliphatic carbocycles. The standard InChI is InChI=1S/C26H20F3N3OS/c27-26(28,29)18-8-4-9-19(14-18)31-24(33)16-34-25-22(15-30)20(21-10-5-11-23(21)32-25)13-12-17-6-2-1-3-7-17/h1-4,6-9,12-14H,5,10-11,16H2,(H,31,33). The summed E-state index contributed by atoms with van der Waals surface area (Å²) >= 11 is 1.11. The van der Waals surface area contributed by atoms with Crippen molar-refractivity contribution < 1.29 is 18.0 Å². The molecule has 1 aliphatic rings. The Hall–Kier alpha value is -3.57. The number of aromatic nitrogens is 1. The largest absolute Gasteiger partial charge is 0.416 e. The molecule has 0 bridgehead atoms. The fourth-order valence-corrected chi connectivity index (χ4v) is 4.64. The Morgan fingerprint density at radius 1 is 1.12 bits per heavy atom. The van der Waals surface area contributed by atoms with Crippen LogP contribution in [0.15, 0.2) is 59.6 Å². The smallest absolute Gasteiger partial charge is 0.325 e. The number of anilines is 1. The van der Waals surface area contributed by atoms with Crippen LogP contribution in [0.2, 0.25) is 0 Å². The Balaban J connectivity index is 1.54. The minimum atomic E-state index is -4.49. The highest BCUT2D eigenvalue weighted by atomic mass is 32.2. The number of aryl methyl sites for hydroxylation is 1. The molecule has 4 nitrogen and oxygen atoms in total. The number of nitrogens with one attached hydrogen (secondary N) is 1. The van der Waals surface area contributed by atoms with Crippen molar-refractivity contribution in [3.8, 4) is 6.07 Å². The molecule has 0 saturated heterocycles. The summed E-state index contributed by atoms with van der Waals surface area (Å²) in [6.45, 7) is 0. The molecule has 34 heavy (non-hydrogen) atoms. The molecule has 3 aromatic rings. The number of fused-ring (bicyclic) bond motifs is 1. The van der Waals surface area contributed by atoms with Gasteiger partial charge in [-0.15, -0.1) is 0 Å². The molecule has 0 unspecified atom stereocenters. The number of alkyl halides is 3. The van der Waals surface area contributed by atoms with E-state index in [4.69, 9.17) is 0 Å². The van der Waals surface area contributed by atoms with E-state index < -0.39 is 17.6 Å². The molecule has 0 saturated carbocycles. The lowest BCUT2D eigenvalue weighted by atomic mass is 10.0. The Bertz CT molecular complexity index is 1280. The summed E-state index contributed by atoms with van der Waals surface area (Å²) in [5, 5.41) is 12.8. The molecule has 8 heteroatoms. The molecule has 0 radical (unpaired) electrons. The van der Waals surface area contributed by atoms with Crippen LogP contribution < -0.4 is 5.32 Å². The maximum absolute atomic E-state index is 12.9. The maximum Gasteiger partial charge on any atom is 0.416 e. The predicted octanol–water partition coefficient (Wildman–Crippen LogP) is 6.36. The van der Waals surface area contributed by atoms with Gasteiger partial charge in [0.25, 0.3) is 0 Å². The number of nitrogens with zero attached hydrogens (tertiary/aromatic N) is 2. The van der Waals surface area contributed by atoms with E-state index in [0.717, 1.165) is 65.5 Å². The van der Waals surface area contributed by atoms with Crippen LogP contribution in [0.3, 0.4) is 0 Å². The van der Waals surface area contributed by atoms with Crippen molar-refractivity contribution >= 4 is 35.5 Å². The minimum Gasteiger partial charge on any atom is -0.325 e. The van der Waals surface area contributed by atoms with Crippen molar-refractivity contribution in [2.75, 3.05) is 11.1 Å². The first-order valence-corrected chi connectivity index (χ1v) is 11.6. The van der Waals surface area contributed by atoms with Crippen LogP contribution in [0.25, 0.3) is 12.2 Å². The number of amides is 1. The van der Waals surface area contributed by atoms with Gasteiger partial charge < -0.3 is 5.32 Å².